The predicted octanol–water partition coefficient (Wildman–Crippen LogP) is 5.39. The molecule has 0 saturated heterocycles. The van der Waals surface area contributed by atoms with Gasteiger partial charge in [-0.1, -0.05) is 33.6 Å². The lowest BCUT2D eigenvalue weighted by molar-refractivity contribution is -0.120. The summed E-state index contributed by atoms with van der Waals surface area (Å²) in [4.78, 5) is 51.3. The number of fused-ring (bicyclic) bond motifs is 1. The van der Waals surface area contributed by atoms with Crippen molar-refractivity contribution in [3.8, 4) is 0 Å². The molecule has 1 unspecified atom stereocenters. The second-order valence-electron chi connectivity index (χ2n) is 8.83. The standard InChI is InChI=1S/C26H37NO4/c1-6-9-14-26(15-12-20(29)7-2)17-23-18(4)24(11-10-22(23)25(26)31)27(19(5)28)16-13-21(30)8-3/h10-11H,6-9,12-17H2,1-5H3. The molecule has 170 valence electrons. The monoisotopic (exact) mass is 427 g/mol. The van der Waals surface area contributed by atoms with Gasteiger partial charge in [-0.05, 0) is 49.4 Å². The van der Waals surface area contributed by atoms with E-state index in [0.29, 0.717) is 45.1 Å². The Kier molecular flexibility index (Phi) is 8.72. The number of Topliss-reactive ketones (excluding diaryl/α,β-unsaturated/α-hetero) is 3. The fourth-order valence-electron chi connectivity index (χ4n) is 4.64. The van der Waals surface area contributed by atoms with Crippen LogP contribution in [0.4, 0.5) is 5.69 Å². The number of carbonyl (C=O) groups excluding carboxylic acids is 4. The molecule has 1 aliphatic carbocycles. The zero-order valence-corrected chi connectivity index (χ0v) is 19.8. The largest absolute Gasteiger partial charge is 0.312 e. The molecule has 1 atom stereocenters. The SMILES string of the molecule is CCCCC1(CCC(=O)CC)Cc2c(ccc(N(CCC(=O)CC)C(C)=O)c2C)C1=O. The Hall–Kier alpha value is -2.30. The number of rotatable bonds is 12. The van der Waals surface area contributed by atoms with Crippen LogP contribution in [0, 0.1) is 12.3 Å². The molecular formula is C26H37NO4. The molecule has 0 saturated carbocycles. The van der Waals surface area contributed by atoms with Crippen molar-refractivity contribution < 1.29 is 19.2 Å². The van der Waals surface area contributed by atoms with Crippen LogP contribution in [0.1, 0.15) is 101 Å². The summed E-state index contributed by atoms with van der Waals surface area (Å²) < 4.78 is 0. The molecule has 0 aromatic heterocycles. The predicted molar refractivity (Wildman–Crippen MR) is 124 cm³/mol. The summed E-state index contributed by atoms with van der Waals surface area (Å²) in [7, 11) is 0. The normalized spacial score (nSPS) is 17.5. The second-order valence-corrected chi connectivity index (χ2v) is 8.83. The molecule has 0 aliphatic heterocycles. The van der Waals surface area contributed by atoms with Crippen LogP contribution in [-0.4, -0.2) is 29.8 Å². The number of amides is 1. The number of hydrogen-bond donors (Lipinski definition) is 0. The third-order valence-corrected chi connectivity index (χ3v) is 6.78. The highest BCUT2D eigenvalue weighted by atomic mass is 16.2. The summed E-state index contributed by atoms with van der Waals surface area (Å²) in [6.45, 7) is 9.63. The van der Waals surface area contributed by atoms with Crippen molar-refractivity contribution in [2.45, 2.75) is 92.4 Å². The van der Waals surface area contributed by atoms with Crippen LogP contribution < -0.4 is 4.90 Å². The summed E-state index contributed by atoms with van der Waals surface area (Å²) in [5.41, 5.74) is 2.92. The molecule has 2 rings (SSSR count). The molecule has 0 spiro atoms. The van der Waals surface area contributed by atoms with Gasteiger partial charge in [0.05, 0.1) is 0 Å². The summed E-state index contributed by atoms with van der Waals surface area (Å²) in [5.74, 6) is 0.354. The van der Waals surface area contributed by atoms with Gasteiger partial charge < -0.3 is 4.90 Å². The van der Waals surface area contributed by atoms with Gasteiger partial charge in [0, 0.05) is 55.8 Å². The first-order chi connectivity index (χ1) is 14.7. The minimum atomic E-state index is -0.522. The van der Waals surface area contributed by atoms with E-state index >= 15 is 0 Å². The van der Waals surface area contributed by atoms with E-state index in [1.54, 1.807) is 4.90 Å². The fourth-order valence-corrected chi connectivity index (χ4v) is 4.64. The summed E-state index contributed by atoms with van der Waals surface area (Å²) in [6.07, 6.45) is 5.66. The van der Waals surface area contributed by atoms with Gasteiger partial charge in [0.2, 0.25) is 5.91 Å². The lowest BCUT2D eigenvalue weighted by Gasteiger charge is -2.27. The Morgan fingerprint density at radius 2 is 1.65 bits per heavy atom. The maximum atomic E-state index is 13.5. The van der Waals surface area contributed by atoms with Crippen molar-refractivity contribution in [1.29, 1.82) is 0 Å². The number of nitrogens with zero attached hydrogens (tertiary/aromatic N) is 1. The van der Waals surface area contributed by atoms with Gasteiger partial charge in [0.15, 0.2) is 5.78 Å². The molecule has 0 bridgehead atoms. The first kappa shape index (κ1) is 25.0. The molecule has 1 aliphatic rings. The number of anilines is 1. The highest BCUT2D eigenvalue weighted by molar-refractivity contribution is 6.06. The molecule has 1 amide bonds. The number of ketones is 3. The molecule has 5 heteroatoms. The minimum absolute atomic E-state index is 0.109. The van der Waals surface area contributed by atoms with Crippen LogP contribution in [0.15, 0.2) is 12.1 Å². The van der Waals surface area contributed by atoms with Crippen LogP contribution in [-0.2, 0) is 20.8 Å². The topological polar surface area (TPSA) is 71.5 Å². The molecule has 0 radical (unpaired) electrons. The highest BCUT2D eigenvalue weighted by Crippen LogP contribution is 2.47. The number of benzene rings is 1. The van der Waals surface area contributed by atoms with Crippen molar-refractivity contribution >= 4 is 28.9 Å². The maximum Gasteiger partial charge on any atom is 0.223 e. The molecule has 31 heavy (non-hydrogen) atoms. The molecule has 1 aromatic rings. The van der Waals surface area contributed by atoms with E-state index in [1.165, 1.54) is 6.92 Å². The summed E-state index contributed by atoms with van der Waals surface area (Å²) in [5, 5.41) is 0. The molecule has 0 heterocycles. The molecule has 0 fully saturated rings. The molecular weight excluding hydrogens is 390 g/mol. The Balaban J connectivity index is 2.39. The average molecular weight is 428 g/mol. The van der Waals surface area contributed by atoms with Gasteiger partial charge in [-0.25, -0.2) is 0 Å². The van der Waals surface area contributed by atoms with Crippen LogP contribution in [0.3, 0.4) is 0 Å². The Morgan fingerprint density at radius 3 is 2.23 bits per heavy atom. The quantitative estimate of drug-likeness (QED) is 0.448. The third kappa shape index (κ3) is 5.50. The first-order valence-electron chi connectivity index (χ1n) is 11.7. The maximum absolute atomic E-state index is 13.5. The Morgan fingerprint density at radius 1 is 1.00 bits per heavy atom. The van der Waals surface area contributed by atoms with Crippen LogP contribution in [0.25, 0.3) is 0 Å². The van der Waals surface area contributed by atoms with Crippen molar-refractivity contribution in [2.24, 2.45) is 5.41 Å². The van der Waals surface area contributed by atoms with E-state index in [0.717, 1.165) is 41.6 Å². The Labute approximate surface area is 186 Å². The van der Waals surface area contributed by atoms with E-state index in [-0.39, 0.29) is 23.3 Å². The van der Waals surface area contributed by atoms with Gasteiger partial charge in [0.25, 0.3) is 0 Å². The zero-order valence-electron chi connectivity index (χ0n) is 19.8. The van der Waals surface area contributed by atoms with E-state index in [4.69, 9.17) is 0 Å². The van der Waals surface area contributed by atoms with E-state index in [1.807, 2.05) is 32.9 Å². The van der Waals surface area contributed by atoms with Crippen molar-refractivity contribution in [3.05, 3.63) is 28.8 Å². The molecule has 5 nitrogen and oxygen atoms in total. The van der Waals surface area contributed by atoms with Crippen molar-refractivity contribution in [3.63, 3.8) is 0 Å². The molecule has 1 aromatic carbocycles. The number of carbonyl (C=O) groups is 4. The smallest absolute Gasteiger partial charge is 0.223 e. The van der Waals surface area contributed by atoms with Gasteiger partial charge >= 0.3 is 0 Å². The summed E-state index contributed by atoms with van der Waals surface area (Å²) in [6, 6.07) is 3.68. The van der Waals surface area contributed by atoms with Crippen molar-refractivity contribution in [2.75, 3.05) is 11.4 Å². The van der Waals surface area contributed by atoms with E-state index < -0.39 is 5.41 Å². The first-order valence-corrected chi connectivity index (χ1v) is 11.7. The van der Waals surface area contributed by atoms with Gasteiger partial charge in [-0.2, -0.15) is 0 Å². The average Bonchev–Trinajstić information content (AvgIpc) is 3.04. The van der Waals surface area contributed by atoms with Gasteiger partial charge in [0.1, 0.15) is 11.6 Å². The fraction of sp³-hybridized carbons (Fsp3) is 0.615. The zero-order chi connectivity index (χ0) is 23.2. The lowest BCUT2D eigenvalue weighted by Crippen LogP contribution is -2.31. The van der Waals surface area contributed by atoms with Crippen LogP contribution in [0.2, 0.25) is 0 Å². The summed E-state index contributed by atoms with van der Waals surface area (Å²) >= 11 is 0. The third-order valence-electron chi connectivity index (χ3n) is 6.78. The number of unbranched alkanes of at least 4 members (excludes halogenated alkanes) is 1. The Bertz CT molecular complexity index is 857. The van der Waals surface area contributed by atoms with Gasteiger partial charge in [-0.15, -0.1) is 0 Å². The highest BCUT2D eigenvalue weighted by Gasteiger charge is 2.45. The van der Waals surface area contributed by atoms with E-state index in [9.17, 15) is 19.2 Å². The van der Waals surface area contributed by atoms with Crippen LogP contribution in [0.5, 0.6) is 0 Å². The van der Waals surface area contributed by atoms with E-state index in [2.05, 4.69) is 6.92 Å². The van der Waals surface area contributed by atoms with Crippen LogP contribution >= 0.6 is 0 Å². The minimum Gasteiger partial charge on any atom is -0.312 e. The van der Waals surface area contributed by atoms with Crippen molar-refractivity contribution in [1.82, 2.24) is 0 Å². The molecule has 0 N–H and O–H groups in total. The lowest BCUT2D eigenvalue weighted by atomic mass is 9.74. The second kappa shape index (κ2) is 10.8. The number of hydrogen-bond acceptors (Lipinski definition) is 4. The van der Waals surface area contributed by atoms with Gasteiger partial charge in [-0.3, -0.25) is 19.2 Å².